The van der Waals surface area contributed by atoms with Gasteiger partial charge in [0.2, 0.25) is 0 Å². The average Bonchev–Trinajstić information content (AvgIpc) is 2.86. The number of pyridine rings is 1. The molecular formula is C15H17N5O. The van der Waals surface area contributed by atoms with Crippen molar-refractivity contribution in [2.24, 2.45) is 0 Å². The smallest absolute Gasteiger partial charge is 0.185 e. The van der Waals surface area contributed by atoms with Crippen LogP contribution in [0.3, 0.4) is 0 Å². The lowest BCUT2D eigenvalue weighted by molar-refractivity contribution is 0.414. The first-order valence-electron chi connectivity index (χ1n) is 6.65. The van der Waals surface area contributed by atoms with Crippen LogP contribution in [0.25, 0.3) is 11.0 Å². The Balaban J connectivity index is 1.79. The number of nitrogen functional groups attached to an aromatic ring is 1. The summed E-state index contributed by atoms with van der Waals surface area (Å²) in [6.07, 6.45) is 0. The van der Waals surface area contributed by atoms with E-state index in [1.807, 2.05) is 37.3 Å². The van der Waals surface area contributed by atoms with Crippen molar-refractivity contribution in [3.63, 3.8) is 0 Å². The lowest BCUT2D eigenvalue weighted by Gasteiger charge is -2.09. The van der Waals surface area contributed by atoms with Crippen LogP contribution in [0, 0.1) is 6.92 Å². The van der Waals surface area contributed by atoms with Gasteiger partial charge < -0.3 is 15.8 Å². The van der Waals surface area contributed by atoms with E-state index in [0.717, 1.165) is 28.1 Å². The molecule has 108 valence electrons. The van der Waals surface area contributed by atoms with Gasteiger partial charge in [0.15, 0.2) is 5.65 Å². The molecule has 0 aliphatic rings. The molecule has 6 heteroatoms. The average molecular weight is 283 g/mol. The van der Waals surface area contributed by atoms with E-state index in [1.165, 1.54) is 0 Å². The fraction of sp³-hybridized carbons (Fsp3) is 0.200. The summed E-state index contributed by atoms with van der Waals surface area (Å²) in [7, 11) is 1.66. The zero-order chi connectivity index (χ0) is 14.8. The van der Waals surface area contributed by atoms with Gasteiger partial charge in [-0.3, -0.25) is 5.10 Å². The largest absolute Gasteiger partial charge is 0.497 e. The molecule has 3 aromatic rings. The summed E-state index contributed by atoms with van der Waals surface area (Å²) in [4.78, 5) is 4.49. The molecule has 0 aliphatic carbocycles. The van der Waals surface area contributed by atoms with E-state index in [0.29, 0.717) is 18.0 Å². The SMILES string of the molecule is COc1ccc(CNc2nc3n[nH]c(N)c3cc2C)cc1. The van der Waals surface area contributed by atoms with E-state index < -0.39 is 0 Å². The third-order valence-electron chi connectivity index (χ3n) is 3.38. The third-order valence-corrected chi connectivity index (χ3v) is 3.38. The molecule has 0 aliphatic heterocycles. The van der Waals surface area contributed by atoms with Gasteiger partial charge in [-0.2, -0.15) is 5.10 Å². The Morgan fingerprint density at radius 2 is 2.05 bits per heavy atom. The number of aromatic nitrogens is 3. The second kappa shape index (κ2) is 5.32. The molecule has 6 nitrogen and oxygen atoms in total. The molecule has 2 heterocycles. The van der Waals surface area contributed by atoms with Crippen LogP contribution < -0.4 is 15.8 Å². The van der Waals surface area contributed by atoms with Crippen molar-refractivity contribution in [3.8, 4) is 5.75 Å². The van der Waals surface area contributed by atoms with Gasteiger partial charge in [-0.1, -0.05) is 12.1 Å². The van der Waals surface area contributed by atoms with E-state index in [4.69, 9.17) is 10.5 Å². The number of aromatic amines is 1. The summed E-state index contributed by atoms with van der Waals surface area (Å²) in [5.74, 6) is 2.20. The number of rotatable bonds is 4. The highest BCUT2D eigenvalue weighted by molar-refractivity contribution is 5.87. The van der Waals surface area contributed by atoms with Crippen LogP contribution in [0.15, 0.2) is 30.3 Å². The molecule has 1 aromatic carbocycles. The summed E-state index contributed by atoms with van der Waals surface area (Å²) >= 11 is 0. The van der Waals surface area contributed by atoms with Gasteiger partial charge in [0, 0.05) is 6.54 Å². The highest BCUT2D eigenvalue weighted by Gasteiger charge is 2.08. The third kappa shape index (κ3) is 2.60. The predicted octanol–water partition coefficient (Wildman–Crippen LogP) is 2.47. The first kappa shape index (κ1) is 13.2. The number of ether oxygens (including phenoxy) is 1. The monoisotopic (exact) mass is 283 g/mol. The Labute approximate surface area is 122 Å². The lowest BCUT2D eigenvalue weighted by Crippen LogP contribution is -2.03. The number of hydrogen-bond donors (Lipinski definition) is 3. The summed E-state index contributed by atoms with van der Waals surface area (Å²) in [6, 6.07) is 9.90. The van der Waals surface area contributed by atoms with Crippen molar-refractivity contribution in [1.82, 2.24) is 15.2 Å². The predicted molar refractivity (Wildman–Crippen MR) is 83.4 cm³/mol. The number of fused-ring (bicyclic) bond motifs is 1. The van der Waals surface area contributed by atoms with Crippen LogP contribution >= 0.6 is 0 Å². The quantitative estimate of drug-likeness (QED) is 0.684. The fourth-order valence-corrected chi connectivity index (χ4v) is 2.17. The number of nitrogens with one attached hydrogen (secondary N) is 2. The lowest BCUT2D eigenvalue weighted by atomic mass is 10.2. The summed E-state index contributed by atoms with van der Waals surface area (Å²) in [5.41, 5.74) is 8.60. The molecule has 3 rings (SSSR count). The number of methoxy groups -OCH3 is 1. The van der Waals surface area contributed by atoms with Crippen LogP contribution in [0.4, 0.5) is 11.6 Å². The van der Waals surface area contributed by atoms with E-state index >= 15 is 0 Å². The number of H-pyrrole nitrogens is 1. The van der Waals surface area contributed by atoms with Gasteiger partial charge in [-0.05, 0) is 36.2 Å². The molecule has 0 saturated carbocycles. The number of aryl methyl sites for hydroxylation is 1. The van der Waals surface area contributed by atoms with Crippen LogP contribution in [0.1, 0.15) is 11.1 Å². The fourth-order valence-electron chi connectivity index (χ4n) is 2.17. The number of hydrogen-bond acceptors (Lipinski definition) is 5. The molecular weight excluding hydrogens is 266 g/mol. The topological polar surface area (TPSA) is 88.8 Å². The Morgan fingerprint density at radius 3 is 2.76 bits per heavy atom. The van der Waals surface area contributed by atoms with Crippen molar-refractivity contribution in [3.05, 3.63) is 41.5 Å². The minimum atomic E-state index is 0.544. The van der Waals surface area contributed by atoms with E-state index in [-0.39, 0.29) is 0 Å². The number of nitrogens with two attached hydrogens (primary N) is 1. The van der Waals surface area contributed by atoms with Gasteiger partial charge in [0.1, 0.15) is 17.4 Å². The van der Waals surface area contributed by atoms with E-state index in [9.17, 15) is 0 Å². The van der Waals surface area contributed by atoms with Crippen molar-refractivity contribution in [2.75, 3.05) is 18.2 Å². The summed E-state index contributed by atoms with van der Waals surface area (Å²) < 4.78 is 5.15. The number of nitrogens with zero attached hydrogens (tertiary/aromatic N) is 2. The molecule has 0 bridgehead atoms. The van der Waals surface area contributed by atoms with Crippen molar-refractivity contribution >= 4 is 22.7 Å². The maximum atomic E-state index is 5.80. The maximum Gasteiger partial charge on any atom is 0.185 e. The molecule has 0 atom stereocenters. The van der Waals surface area contributed by atoms with Gasteiger partial charge in [-0.15, -0.1) is 0 Å². The van der Waals surface area contributed by atoms with E-state index in [1.54, 1.807) is 7.11 Å². The van der Waals surface area contributed by atoms with E-state index in [2.05, 4.69) is 20.5 Å². The van der Waals surface area contributed by atoms with Crippen molar-refractivity contribution in [1.29, 1.82) is 0 Å². The van der Waals surface area contributed by atoms with Crippen molar-refractivity contribution in [2.45, 2.75) is 13.5 Å². The van der Waals surface area contributed by atoms with Gasteiger partial charge >= 0.3 is 0 Å². The molecule has 4 N–H and O–H groups in total. The standard InChI is InChI=1S/C15H17N5O/c1-9-7-12-13(16)19-20-15(12)18-14(9)17-8-10-3-5-11(21-2)6-4-10/h3-7H,8H2,1-2H3,(H4,16,17,18,19,20). The highest BCUT2D eigenvalue weighted by Crippen LogP contribution is 2.22. The molecule has 0 saturated heterocycles. The molecule has 21 heavy (non-hydrogen) atoms. The summed E-state index contributed by atoms with van der Waals surface area (Å²) in [5, 5.41) is 11.0. The Kier molecular flexibility index (Phi) is 3.35. The summed E-state index contributed by atoms with van der Waals surface area (Å²) in [6.45, 7) is 2.68. The zero-order valence-electron chi connectivity index (χ0n) is 12.0. The molecule has 0 radical (unpaired) electrons. The Morgan fingerprint density at radius 1 is 1.29 bits per heavy atom. The van der Waals surface area contributed by atoms with Crippen molar-refractivity contribution < 1.29 is 4.74 Å². The highest BCUT2D eigenvalue weighted by atomic mass is 16.5. The second-order valence-electron chi connectivity index (χ2n) is 4.86. The normalized spacial score (nSPS) is 10.8. The van der Waals surface area contributed by atoms with Crippen LogP contribution in [0.5, 0.6) is 5.75 Å². The maximum absolute atomic E-state index is 5.80. The van der Waals surface area contributed by atoms with Gasteiger partial charge in [0.25, 0.3) is 0 Å². The molecule has 0 unspecified atom stereocenters. The number of anilines is 2. The van der Waals surface area contributed by atoms with Crippen LogP contribution in [0.2, 0.25) is 0 Å². The van der Waals surface area contributed by atoms with Crippen LogP contribution in [-0.2, 0) is 6.54 Å². The second-order valence-corrected chi connectivity index (χ2v) is 4.86. The molecule has 0 fully saturated rings. The zero-order valence-corrected chi connectivity index (χ0v) is 12.0. The minimum absolute atomic E-state index is 0.544. The first-order chi connectivity index (χ1) is 10.2. The first-order valence-corrected chi connectivity index (χ1v) is 6.65. The van der Waals surface area contributed by atoms with Crippen LogP contribution in [-0.4, -0.2) is 22.3 Å². The Hall–Kier alpha value is -2.76. The Bertz CT molecular complexity index is 764. The molecule has 0 spiro atoms. The molecule has 2 aromatic heterocycles. The minimum Gasteiger partial charge on any atom is -0.497 e. The van der Waals surface area contributed by atoms with Gasteiger partial charge in [0.05, 0.1) is 12.5 Å². The van der Waals surface area contributed by atoms with Gasteiger partial charge in [-0.25, -0.2) is 4.98 Å². The number of benzene rings is 1. The molecule has 0 amide bonds.